The summed E-state index contributed by atoms with van der Waals surface area (Å²) in [6.45, 7) is 0.399. The van der Waals surface area contributed by atoms with Gasteiger partial charge in [0.15, 0.2) is 15.5 Å². The summed E-state index contributed by atoms with van der Waals surface area (Å²) in [5.74, 6) is 0.276. The maximum absolute atomic E-state index is 13.1. The highest BCUT2D eigenvalue weighted by Gasteiger charge is 2.28. The monoisotopic (exact) mass is 333 g/mol. The van der Waals surface area contributed by atoms with Crippen molar-refractivity contribution < 1.29 is 12.8 Å². The summed E-state index contributed by atoms with van der Waals surface area (Å²) in [5, 5.41) is 4.94. The predicted octanol–water partition coefficient (Wildman–Crippen LogP) is 1.15. The van der Waals surface area contributed by atoms with Gasteiger partial charge in [0.25, 0.3) is 0 Å². The van der Waals surface area contributed by atoms with E-state index < -0.39 is 9.84 Å². The lowest BCUT2D eigenvalue weighted by Crippen LogP contribution is -2.21. The van der Waals surface area contributed by atoms with Crippen molar-refractivity contribution in [1.29, 1.82) is 0 Å². The highest BCUT2D eigenvalue weighted by molar-refractivity contribution is 7.91. The lowest BCUT2D eigenvalue weighted by Gasteiger charge is -2.15. The van der Waals surface area contributed by atoms with Crippen LogP contribution in [0.2, 0.25) is 0 Å². The minimum absolute atomic E-state index is 0.0547. The van der Waals surface area contributed by atoms with E-state index in [1.165, 1.54) is 18.5 Å². The minimum Gasteiger partial charge on any atom is -0.340 e. The Labute approximate surface area is 131 Å². The molecule has 0 unspecified atom stereocenters. The van der Waals surface area contributed by atoms with Crippen LogP contribution in [0.1, 0.15) is 0 Å². The van der Waals surface area contributed by atoms with E-state index in [-0.39, 0.29) is 17.4 Å². The summed E-state index contributed by atoms with van der Waals surface area (Å²) in [7, 11) is -3.07. The zero-order chi connectivity index (χ0) is 16.0. The molecular weight excluding hydrogens is 321 g/mol. The smallest absolute Gasteiger partial charge is 0.170 e. The normalized spacial score (nSPS) is 17.0. The lowest BCUT2D eigenvalue weighted by atomic mass is 10.3. The number of halogens is 1. The second-order valence-corrected chi connectivity index (χ2v) is 7.46. The highest BCUT2D eigenvalue weighted by Crippen LogP contribution is 2.26. The summed E-state index contributed by atoms with van der Waals surface area (Å²) in [4.78, 5) is 10.1. The molecule has 3 aromatic rings. The number of fused-ring (bicyclic) bond motifs is 1. The predicted molar refractivity (Wildman–Crippen MR) is 82.6 cm³/mol. The van der Waals surface area contributed by atoms with Crippen molar-refractivity contribution in [3.05, 3.63) is 42.6 Å². The minimum atomic E-state index is -3.07. The number of hydrogen-bond donors (Lipinski definition) is 0. The fourth-order valence-electron chi connectivity index (χ4n) is 2.64. The van der Waals surface area contributed by atoms with E-state index in [0.29, 0.717) is 29.1 Å². The summed E-state index contributed by atoms with van der Waals surface area (Å²) in [5.41, 5.74) is 1.21. The molecule has 0 saturated carbocycles. The average molecular weight is 333 g/mol. The number of anilines is 1. The Morgan fingerprint density at radius 2 is 1.91 bits per heavy atom. The molecule has 3 heterocycles. The molecule has 1 fully saturated rings. The maximum atomic E-state index is 13.1. The fraction of sp³-hybridized carbons (Fsp3) is 0.214. The van der Waals surface area contributed by atoms with E-state index in [1.807, 2.05) is 0 Å². The van der Waals surface area contributed by atoms with Gasteiger partial charge in [-0.25, -0.2) is 27.5 Å². The molecule has 1 aromatic carbocycles. The first-order chi connectivity index (χ1) is 11.0. The molecule has 23 heavy (non-hydrogen) atoms. The van der Waals surface area contributed by atoms with Gasteiger partial charge in [-0.15, -0.1) is 0 Å². The van der Waals surface area contributed by atoms with Gasteiger partial charge in [-0.1, -0.05) is 0 Å². The third-order valence-electron chi connectivity index (χ3n) is 3.74. The summed E-state index contributed by atoms with van der Waals surface area (Å²) < 4.78 is 38.0. The van der Waals surface area contributed by atoms with E-state index in [4.69, 9.17) is 0 Å². The highest BCUT2D eigenvalue weighted by atomic mass is 32.2. The van der Waals surface area contributed by atoms with Gasteiger partial charge in [0.2, 0.25) is 0 Å². The largest absolute Gasteiger partial charge is 0.340 e. The van der Waals surface area contributed by atoms with E-state index >= 15 is 0 Å². The molecule has 1 saturated heterocycles. The van der Waals surface area contributed by atoms with Crippen LogP contribution in [-0.2, 0) is 9.84 Å². The van der Waals surface area contributed by atoms with Crippen LogP contribution in [0.3, 0.4) is 0 Å². The van der Waals surface area contributed by atoms with Gasteiger partial charge in [0, 0.05) is 6.54 Å². The Hall–Kier alpha value is -2.55. The van der Waals surface area contributed by atoms with Gasteiger partial charge in [0.05, 0.1) is 23.0 Å². The second kappa shape index (κ2) is 4.98. The molecule has 0 N–H and O–H groups in total. The number of sulfone groups is 1. The van der Waals surface area contributed by atoms with Crippen LogP contribution in [0.15, 0.2) is 36.8 Å². The molecule has 0 spiro atoms. The van der Waals surface area contributed by atoms with E-state index in [9.17, 15) is 12.8 Å². The molecule has 7 nitrogen and oxygen atoms in total. The van der Waals surface area contributed by atoms with Crippen LogP contribution in [-0.4, -0.2) is 46.3 Å². The third kappa shape index (κ3) is 2.42. The van der Waals surface area contributed by atoms with Crippen molar-refractivity contribution in [2.45, 2.75) is 0 Å². The Morgan fingerprint density at radius 3 is 2.61 bits per heavy atom. The van der Waals surface area contributed by atoms with Gasteiger partial charge < -0.3 is 4.90 Å². The zero-order valence-corrected chi connectivity index (χ0v) is 12.7. The Balaban J connectivity index is 1.82. The van der Waals surface area contributed by atoms with E-state index in [2.05, 4.69) is 15.1 Å². The van der Waals surface area contributed by atoms with Gasteiger partial charge in [-0.2, -0.15) is 5.10 Å². The van der Waals surface area contributed by atoms with E-state index in [1.54, 1.807) is 27.9 Å². The summed E-state index contributed by atoms with van der Waals surface area (Å²) in [6.07, 6.45) is 2.98. The van der Waals surface area contributed by atoms with Crippen LogP contribution in [0.25, 0.3) is 16.7 Å². The Bertz CT molecular complexity index is 984. The van der Waals surface area contributed by atoms with Crippen LogP contribution in [0.5, 0.6) is 0 Å². The molecular formula is C14H12FN5O2S. The molecule has 0 radical (unpaired) electrons. The number of benzene rings is 1. The standard InChI is InChI=1S/C14H12FN5O2S/c15-10-1-3-11(4-2-10)20-14-12(7-18-20)13(16-8-17-14)19-5-6-23(21,22)9-19/h1-4,7-8H,5-6,9H2. The maximum Gasteiger partial charge on any atom is 0.170 e. The van der Waals surface area contributed by atoms with Gasteiger partial charge in [-0.3, -0.25) is 0 Å². The van der Waals surface area contributed by atoms with Crippen molar-refractivity contribution >= 4 is 26.7 Å². The van der Waals surface area contributed by atoms with Crippen LogP contribution < -0.4 is 4.90 Å². The molecule has 0 amide bonds. The molecule has 0 aliphatic carbocycles. The molecule has 118 valence electrons. The number of nitrogens with zero attached hydrogens (tertiary/aromatic N) is 5. The molecule has 0 bridgehead atoms. The SMILES string of the molecule is O=S1(=O)CCN(c2ncnc3c2cnn3-c2ccc(F)cc2)C1. The zero-order valence-electron chi connectivity index (χ0n) is 11.9. The molecule has 2 aromatic heterocycles. The van der Waals surface area contributed by atoms with Crippen LogP contribution in [0.4, 0.5) is 10.2 Å². The van der Waals surface area contributed by atoms with Crippen molar-refractivity contribution in [1.82, 2.24) is 19.7 Å². The summed E-state index contributed by atoms with van der Waals surface area (Å²) >= 11 is 0. The van der Waals surface area contributed by atoms with Crippen molar-refractivity contribution in [3.8, 4) is 5.69 Å². The van der Waals surface area contributed by atoms with Crippen LogP contribution >= 0.6 is 0 Å². The van der Waals surface area contributed by atoms with Crippen LogP contribution in [0, 0.1) is 5.82 Å². The van der Waals surface area contributed by atoms with Crippen molar-refractivity contribution in [3.63, 3.8) is 0 Å². The van der Waals surface area contributed by atoms with Gasteiger partial charge in [0.1, 0.15) is 23.8 Å². The molecule has 1 aliphatic heterocycles. The quantitative estimate of drug-likeness (QED) is 0.700. The second-order valence-electron chi connectivity index (χ2n) is 5.31. The number of rotatable bonds is 2. The van der Waals surface area contributed by atoms with Crippen molar-refractivity contribution in [2.24, 2.45) is 0 Å². The first-order valence-corrected chi connectivity index (χ1v) is 8.76. The topological polar surface area (TPSA) is 81.0 Å². The van der Waals surface area contributed by atoms with E-state index in [0.717, 1.165) is 0 Å². The van der Waals surface area contributed by atoms with Gasteiger partial charge in [-0.05, 0) is 24.3 Å². The fourth-order valence-corrected chi connectivity index (χ4v) is 3.99. The molecule has 9 heteroatoms. The first kappa shape index (κ1) is 14.1. The molecule has 4 rings (SSSR count). The number of hydrogen-bond acceptors (Lipinski definition) is 6. The molecule has 0 atom stereocenters. The van der Waals surface area contributed by atoms with Crippen molar-refractivity contribution in [2.75, 3.05) is 23.1 Å². The Morgan fingerprint density at radius 1 is 1.13 bits per heavy atom. The Kier molecular flexibility index (Phi) is 3.05. The third-order valence-corrected chi connectivity index (χ3v) is 5.25. The number of aromatic nitrogens is 4. The van der Waals surface area contributed by atoms with Gasteiger partial charge >= 0.3 is 0 Å². The average Bonchev–Trinajstić information content (AvgIpc) is 3.11. The lowest BCUT2D eigenvalue weighted by molar-refractivity contribution is 0.602. The molecule has 1 aliphatic rings. The summed E-state index contributed by atoms with van der Waals surface area (Å²) in [6, 6.07) is 5.89. The first-order valence-electron chi connectivity index (χ1n) is 6.93.